The number of benzene rings is 1. The summed E-state index contributed by atoms with van der Waals surface area (Å²) in [5.41, 5.74) is 0.653. The van der Waals surface area contributed by atoms with E-state index < -0.39 is 6.04 Å². The minimum Gasteiger partial charge on any atom is -0.497 e. The van der Waals surface area contributed by atoms with Gasteiger partial charge in [0.15, 0.2) is 0 Å². The molecule has 0 spiro atoms. The molecule has 3 N–H and O–H groups in total. The third-order valence-electron chi connectivity index (χ3n) is 2.87. The topological polar surface area (TPSA) is 79.5 Å². The van der Waals surface area contributed by atoms with E-state index in [2.05, 4.69) is 16.0 Å². The minimum absolute atomic E-state index is 0. The van der Waals surface area contributed by atoms with Crippen molar-refractivity contribution in [3.63, 3.8) is 0 Å². The number of carbonyl (C=O) groups is 2. The van der Waals surface area contributed by atoms with Crippen LogP contribution in [0.5, 0.6) is 5.75 Å². The standard InChI is InChI=1S/C13H17N3O3.ClH/c1-19-10-4-2-3-9(7-10)16-12(17)8-11-13(18)15-6-5-14-11;/h2-4,7,11,14H,5-6,8H2,1H3,(H,15,18)(H,16,17);1H. The van der Waals surface area contributed by atoms with Gasteiger partial charge in [0.05, 0.1) is 19.6 Å². The molecule has 2 amide bonds. The van der Waals surface area contributed by atoms with Crippen LogP contribution in [-0.4, -0.2) is 38.1 Å². The highest BCUT2D eigenvalue weighted by molar-refractivity contribution is 5.95. The van der Waals surface area contributed by atoms with Gasteiger partial charge >= 0.3 is 0 Å². The molecule has 1 atom stereocenters. The Morgan fingerprint density at radius 3 is 2.95 bits per heavy atom. The van der Waals surface area contributed by atoms with Crippen molar-refractivity contribution in [1.29, 1.82) is 0 Å². The van der Waals surface area contributed by atoms with Crippen LogP contribution in [0.15, 0.2) is 24.3 Å². The summed E-state index contributed by atoms with van der Waals surface area (Å²) in [6, 6.07) is 6.63. The molecule has 1 fully saturated rings. The Morgan fingerprint density at radius 1 is 1.45 bits per heavy atom. The second-order valence-electron chi connectivity index (χ2n) is 4.28. The summed E-state index contributed by atoms with van der Waals surface area (Å²) in [4.78, 5) is 23.4. The minimum atomic E-state index is -0.459. The highest BCUT2D eigenvalue weighted by Crippen LogP contribution is 2.16. The first-order chi connectivity index (χ1) is 9.19. The third kappa shape index (κ3) is 4.40. The predicted octanol–water partition coefficient (Wildman–Crippen LogP) is 0.534. The molecule has 1 aromatic rings. The summed E-state index contributed by atoms with van der Waals surface area (Å²) in [7, 11) is 1.57. The Bertz CT molecular complexity index is 482. The molecule has 1 unspecified atom stereocenters. The number of hydrogen-bond acceptors (Lipinski definition) is 4. The van der Waals surface area contributed by atoms with Crippen LogP contribution in [0.2, 0.25) is 0 Å². The number of carbonyl (C=O) groups excluding carboxylic acids is 2. The smallest absolute Gasteiger partial charge is 0.237 e. The zero-order valence-corrected chi connectivity index (χ0v) is 12.0. The summed E-state index contributed by atoms with van der Waals surface area (Å²) >= 11 is 0. The molecule has 0 bridgehead atoms. The van der Waals surface area contributed by atoms with Crippen molar-refractivity contribution in [3.8, 4) is 5.75 Å². The number of piperazine rings is 1. The SMILES string of the molecule is COc1cccc(NC(=O)CC2NCCNC2=O)c1.Cl. The quantitative estimate of drug-likeness (QED) is 0.758. The van der Waals surface area contributed by atoms with E-state index in [-0.39, 0.29) is 30.6 Å². The van der Waals surface area contributed by atoms with Crippen LogP contribution in [0.4, 0.5) is 5.69 Å². The van der Waals surface area contributed by atoms with E-state index in [4.69, 9.17) is 4.74 Å². The summed E-state index contributed by atoms with van der Waals surface area (Å²) in [5.74, 6) is 0.334. The van der Waals surface area contributed by atoms with Crippen LogP contribution in [-0.2, 0) is 9.59 Å². The average Bonchev–Trinajstić information content (AvgIpc) is 2.41. The number of hydrogen-bond donors (Lipinski definition) is 3. The van der Waals surface area contributed by atoms with Gasteiger partial charge in [0.1, 0.15) is 5.75 Å². The highest BCUT2D eigenvalue weighted by atomic mass is 35.5. The monoisotopic (exact) mass is 299 g/mol. The lowest BCUT2D eigenvalue weighted by molar-refractivity contribution is -0.127. The van der Waals surface area contributed by atoms with Gasteiger partial charge in [0.25, 0.3) is 0 Å². The molecule has 1 aliphatic heterocycles. The fourth-order valence-corrected chi connectivity index (χ4v) is 1.91. The van der Waals surface area contributed by atoms with Crippen LogP contribution in [0.1, 0.15) is 6.42 Å². The summed E-state index contributed by atoms with van der Waals surface area (Å²) < 4.78 is 5.08. The maximum absolute atomic E-state index is 11.9. The van der Waals surface area contributed by atoms with Gasteiger partial charge in [-0.1, -0.05) is 6.07 Å². The predicted molar refractivity (Wildman–Crippen MR) is 78.3 cm³/mol. The van der Waals surface area contributed by atoms with Gasteiger partial charge in [-0.05, 0) is 12.1 Å². The van der Waals surface area contributed by atoms with Crippen molar-refractivity contribution >= 4 is 29.9 Å². The maximum atomic E-state index is 11.9. The molecule has 6 nitrogen and oxygen atoms in total. The number of ether oxygens (including phenoxy) is 1. The molecular formula is C13H18ClN3O3. The van der Waals surface area contributed by atoms with Crippen molar-refractivity contribution in [2.45, 2.75) is 12.5 Å². The van der Waals surface area contributed by atoms with Crippen molar-refractivity contribution in [2.24, 2.45) is 0 Å². The van der Waals surface area contributed by atoms with E-state index in [1.54, 1.807) is 31.4 Å². The van der Waals surface area contributed by atoms with Crippen LogP contribution >= 0.6 is 12.4 Å². The van der Waals surface area contributed by atoms with E-state index in [1.165, 1.54) is 0 Å². The van der Waals surface area contributed by atoms with Gasteiger partial charge in [-0.3, -0.25) is 9.59 Å². The van der Waals surface area contributed by atoms with Crippen molar-refractivity contribution in [2.75, 3.05) is 25.5 Å². The zero-order valence-electron chi connectivity index (χ0n) is 11.1. The number of nitrogens with one attached hydrogen (secondary N) is 3. The number of anilines is 1. The molecule has 7 heteroatoms. The zero-order chi connectivity index (χ0) is 13.7. The van der Waals surface area contributed by atoms with E-state index in [0.717, 1.165) is 0 Å². The molecule has 1 aromatic carbocycles. The van der Waals surface area contributed by atoms with Crippen molar-refractivity contribution in [1.82, 2.24) is 10.6 Å². The molecule has 0 saturated carbocycles. The van der Waals surface area contributed by atoms with Crippen LogP contribution < -0.4 is 20.7 Å². The molecule has 1 heterocycles. The van der Waals surface area contributed by atoms with Crippen LogP contribution in [0, 0.1) is 0 Å². The molecule has 0 aromatic heterocycles. The molecular weight excluding hydrogens is 282 g/mol. The highest BCUT2D eigenvalue weighted by Gasteiger charge is 2.23. The molecule has 1 saturated heterocycles. The van der Waals surface area contributed by atoms with E-state index in [9.17, 15) is 9.59 Å². The first kappa shape index (κ1) is 16.3. The van der Waals surface area contributed by atoms with Gasteiger partial charge in [-0.25, -0.2) is 0 Å². The first-order valence-corrected chi connectivity index (χ1v) is 6.14. The van der Waals surface area contributed by atoms with Gasteiger partial charge in [0, 0.05) is 24.8 Å². The lowest BCUT2D eigenvalue weighted by atomic mass is 10.1. The Kier molecular flexibility index (Phi) is 6.27. The fourth-order valence-electron chi connectivity index (χ4n) is 1.91. The van der Waals surface area contributed by atoms with E-state index in [1.807, 2.05) is 0 Å². The second-order valence-corrected chi connectivity index (χ2v) is 4.28. The Balaban J connectivity index is 0.00000200. The number of methoxy groups -OCH3 is 1. The Hall–Kier alpha value is -1.79. The number of amides is 2. The molecule has 0 radical (unpaired) electrons. The van der Waals surface area contributed by atoms with Crippen LogP contribution in [0.25, 0.3) is 0 Å². The van der Waals surface area contributed by atoms with Crippen molar-refractivity contribution in [3.05, 3.63) is 24.3 Å². The number of rotatable bonds is 4. The van der Waals surface area contributed by atoms with Crippen LogP contribution in [0.3, 0.4) is 0 Å². The summed E-state index contributed by atoms with van der Waals surface area (Å²) in [6.07, 6.45) is 0.114. The number of halogens is 1. The normalized spacial score (nSPS) is 17.6. The molecule has 0 aliphatic carbocycles. The second kappa shape index (κ2) is 7.72. The fraction of sp³-hybridized carbons (Fsp3) is 0.385. The van der Waals surface area contributed by atoms with E-state index in [0.29, 0.717) is 24.5 Å². The average molecular weight is 300 g/mol. The lowest BCUT2D eigenvalue weighted by Gasteiger charge is -2.22. The van der Waals surface area contributed by atoms with Gasteiger partial charge in [-0.15, -0.1) is 12.4 Å². The van der Waals surface area contributed by atoms with Gasteiger partial charge in [-0.2, -0.15) is 0 Å². The van der Waals surface area contributed by atoms with Gasteiger partial charge in [0.2, 0.25) is 11.8 Å². The van der Waals surface area contributed by atoms with E-state index >= 15 is 0 Å². The first-order valence-electron chi connectivity index (χ1n) is 6.14. The lowest BCUT2D eigenvalue weighted by Crippen LogP contribution is -2.53. The molecule has 2 rings (SSSR count). The molecule has 20 heavy (non-hydrogen) atoms. The Morgan fingerprint density at radius 2 is 2.25 bits per heavy atom. The van der Waals surface area contributed by atoms with Crippen molar-refractivity contribution < 1.29 is 14.3 Å². The van der Waals surface area contributed by atoms with Gasteiger partial charge < -0.3 is 20.7 Å². The summed E-state index contributed by atoms with van der Waals surface area (Å²) in [5, 5.41) is 8.47. The summed E-state index contributed by atoms with van der Waals surface area (Å²) in [6.45, 7) is 1.29. The third-order valence-corrected chi connectivity index (χ3v) is 2.87. The largest absolute Gasteiger partial charge is 0.497 e. The molecule has 1 aliphatic rings. The molecule has 110 valence electrons. The Labute approximate surface area is 123 Å². The maximum Gasteiger partial charge on any atom is 0.237 e.